The second-order valence-electron chi connectivity index (χ2n) is 5.52. The van der Waals surface area contributed by atoms with Gasteiger partial charge in [0.05, 0.1) is 18.3 Å². The number of nitrogens with one attached hydrogen (secondary N) is 1. The highest BCUT2D eigenvalue weighted by Crippen LogP contribution is 2.26. The van der Waals surface area contributed by atoms with Crippen molar-refractivity contribution in [3.8, 4) is 6.07 Å². The fraction of sp³-hybridized carbons (Fsp3) is 0.923. The topological polar surface area (TPSA) is 48.3 Å². The van der Waals surface area contributed by atoms with Crippen LogP contribution in [0, 0.1) is 11.3 Å². The molecule has 96 valence electrons. The molecule has 0 aliphatic carbocycles. The molecule has 2 aliphatic rings. The summed E-state index contributed by atoms with van der Waals surface area (Å²) in [7, 11) is 0. The van der Waals surface area contributed by atoms with E-state index in [0.29, 0.717) is 12.2 Å². The molecule has 0 amide bonds. The predicted molar refractivity (Wildman–Crippen MR) is 66.6 cm³/mol. The van der Waals surface area contributed by atoms with E-state index in [9.17, 15) is 5.26 Å². The van der Waals surface area contributed by atoms with Crippen molar-refractivity contribution in [2.75, 3.05) is 26.2 Å². The summed E-state index contributed by atoms with van der Waals surface area (Å²) in [5, 5.41) is 12.7. The average Bonchev–Trinajstić information content (AvgIpc) is 2.66. The number of nitriles is 1. The molecule has 2 heterocycles. The first-order chi connectivity index (χ1) is 8.15. The molecule has 2 rings (SSSR count). The Balaban J connectivity index is 1.88. The lowest BCUT2D eigenvalue weighted by molar-refractivity contribution is -0.0426. The molecular weight excluding hydrogens is 214 g/mol. The van der Waals surface area contributed by atoms with Crippen LogP contribution in [-0.4, -0.2) is 48.8 Å². The summed E-state index contributed by atoms with van der Waals surface area (Å²) in [6.45, 7) is 7.81. The monoisotopic (exact) mass is 237 g/mol. The van der Waals surface area contributed by atoms with Gasteiger partial charge in [0.25, 0.3) is 0 Å². The highest BCUT2D eigenvalue weighted by atomic mass is 16.5. The van der Waals surface area contributed by atoms with Crippen molar-refractivity contribution < 1.29 is 4.74 Å². The van der Waals surface area contributed by atoms with Crippen LogP contribution in [0.5, 0.6) is 0 Å². The Morgan fingerprint density at radius 3 is 2.59 bits per heavy atom. The minimum atomic E-state index is -0.424. The molecule has 0 saturated carbocycles. The van der Waals surface area contributed by atoms with E-state index in [-0.39, 0.29) is 0 Å². The van der Waals surface area contributed by atoms with E-state index >= 15 is 0 Å². The molecule has 3 unspecified atom stereocenters. The van der Waals surface area contributed by atoms with E-state index in [1.54, 1.807) is 0 Å². The largest absolute Gasteiger partial charge is 0.372 e. The van der Waals surface area contributed by atoms with Crippen LogP contribution in [0.3, 0.4) is 0 Å². The van der Waals surface area contributed by atoms with Crippen LogP contribution in [0.25, 0.3) is 0 Å². The van der Waals surface area contributed by atoms with Crippen LogP contribution in [0.2, 0.25) is 0 Å². The van der Waals surface area contributed by atoms with Gasteiger partial charge in [-0.1, -0.05) is 6.92 Å². The fourth-order valence-corrected chi connectivity index (χ4v) is 2.81. The van der Waals surface area contributed by atoms with E-state index < -0.39 is 5.54 Å². The highest BCUT2D eigenvalue weighted by molar-refractivity contribution is 5.06. The number of nitrogens with zero attached hydrogens (tertiary/aromatic N) is 2. The molecule has 2 aliphatic heterocycles. The van der Waals surface area contributed by atoms with Gasteiger partial charge < -0.3 is 4.74 Å². The van der Waals surface area contributed by atoms with Crippen LogP contribution in [0.4, 0.5) is 0 Å². The molecule has 2 saturated heterocycles. The van der Waals surface area contributed by atoms with E-state index in [4.69, 9.17) is 4.74 Å². The summed E-state index contributed by atoms with van der Waals surface area (Å²) in [5.74, 6) is 0. The van der Waals surface area contributed by atoms with Crippen LogP contribution in [0.1, 0.15) is 33.1 Å². The van der Waals surface area contributed by atoms with Gasteiger partial charge in [-0.15, -0.1) is 0 Å². The van der Waals surface area contributed by atoms with Crippen molar-refractivity contribution in [1.29, 1.82) is 5.26 Å². The van der Waals surface area contributed by atoms with Gasteiger partial charge >= 0.3 is 0 Å². The second kappa shape index (κ2) is 5.34. The third-order valence-electron chi connectivity index (χ3n) is 3.67. The molecule has 4 nitrogen and oxygen atoms in total. The van der Waals surface area contributed by atoms with E-state index in [1.807, 2.05) is 6.92 Å². The summed E-state index contributed by atoms with van der Waals surface area (Å²) < 4.78 is 5.81. The summed E-state index contributed by atoms with van der Waals surface area (Å²) in [6, 6.07) is 2.42. The minimum absolute atomic E-state index is 0.405. The smallest absolute Gasteiger partial charge is 0.116 e. The van der Waals surface area contributed by atoms with Crippen LogP contribution >= 0.6 is 0 Å². The van der Waals surface area contributed by atoms with Gasteiger partial charge in [-0.3, -0.25) is 10.2 Å². The number of fused-ring (bicyclic) bond motifs is 2. The number of likely N-dealkylation sites (tertiary alicyclic amines) is 1. The lowest BCUT2D eigenvalue weighted by Gasteiger charge is -2.36. The molecular formula is C13H23N3O. The number of ether oxygens (including phenoxy) is 1. The quantitative estimate of drug-likeness (QED) is 0.779. The number of rotatable bonds is 5. The maximum atomic E-state index is 9.32. The van der Waals surface area contributed by atoms with Gasteiger partial charge in [0, 0.05) is 19.6 Å². The van der Waals surface area contributed by atoms with Crippen LogP contribution < -0.4 is 5.32 Å². The van der Waals surface area contributed by atoms with Gasteiger partial charge in [-0.2, -0.15) is 5.26 Å². The Bertz CT molecular complexity index is 290. The summed E-state index contributed by atoms with van der Waals surface area (Å²) in [6.07, 6.45) is 4.25. The normalized spacial score (nSPS) is 32.1. The number of hydrogen-bond donors (Lipinski definition) is 1. The molecule has 0 aromatic carbocycles. The third-order valence-corrected chi connectivity index (χ3v) is 3.67. The zero-order valence-corrected chi connectivity index (χ0v) is 10.9. The SMILES string of the molecule is CCCNC(C)(C#N)CN1CC2CCC(C1)O2. The maximum Gasteiger partial charge on any atom is 0.116 e. The molecule has 17 heavy (non-hydrogen) atoms. The Kier molecular flexibility index (Phi) is 4.03. The van der Waals surface area contributed by atoms with Crippen LogP contribution in [-0.2, 0) is 4.74 Å². The van der Waals surface area contributed by atoms with Gasteiger partial charge in [-0.25, -0.2) is 0 Å². The van der Waals surface area contributed by atoms with Crippen molar-refractivity contribution in [2.24, 2.45) is 0 Å². The van der Waals surface area contributed by atoms with Crippen molar-refractivity contribution in [1.82, 2.24) is 10.2 Å². The first kappa shape index (κ1) is 12.8. The van der Waals surface area contributed by atoms with Gasteiger partial charge in [0.2, 0.25) is 0 Å². The molecule has 3 atom stereocenters. The van der Waals surface area contributed by atoms with E-state index in [0.717, 1.165) is 32.6 Å². The Hall–Kier alpha value is -0.630. The van der Waals surface area contributed by atoms with Crippen molar-refractivity contribution >= 4 is 0 Å². The van der Waals surface area contributed by atoms with E-state index in [2.05, 4.69) is 23.2 Å². The molecule has 0 radical (unpaired) electrons. The third kappa shape index (κ3) is 3.19. The Labute approximate surface area is 104 Å². The minimum Gasteiger partial charge on any atom is -0.372 e. The van der Waals surface area contributed by atoms with E-state index in [1.165, 1.54) is 12.8 Å². The van der Waals surface area contributed by atoms with Gasteiger partial charge in [0.15, 0.2) is 0 Å². The van der Waals surface area contributed by atoms with Crippen molar-refractivity contribution in [2.45, 2.75) is 50.9 Å². The molecule has 0 aromatic heterocycles. The first-order valence-electron chi connectivity index (χ1n) is 6.69. The lowest BCUT2D eigenvalue weighted by atomic mass is 10.0. The Morgan fingerprint density at radius 2 is 2.06 bits per heavy atom. The van der Waals surface area contributed by atoms with Crippen LogP contribution in [0.15, 0.2) is 0 Å². The zero-order valence-electron chi connectivity index (χ0n) is 10.9. The van der Waals surface area contributed by atoms with Gasteiger partial charge in [-0.05, 0) is 32.7 Å². The fourth-order valence-electron chi connectivity index (χ4n) is 2.81. The molecule has 1 N–H and O–H groups in total. The maximum absolute atomic E-state index is 9.32. The summed E-state index contributed by atoms with van der Waals surface area (Å²) >= 11 is 0. The zero-order chi connectivity index (χ0) is 12.3. The van der Waals surface area contributed by atoms with Crippen molar-refractivity contribution in [3.63, 3.8) is 0 Å². The standard InChI is InChI=1S/C13H23N3O/c1-3-6-15-13(2,9-14)10-16-7-11-4-5-12(8-16)17-11/h11-12,15H,3-8,10H2,1-2H3. The van der Waals surface area contributed by atoms with Gasteiger partial charge in [0.1, 0.15) is 5.54 Å². The van der Waals surface area contributed by atoms with Crippen molar-refractivity contribution in [3.05, 3.63) is 0 Å². The second-order valence-corrected chi connectivity index (χ2v) is 5.52. The molecule has 2 bridgehead atoms. The molecule has 0 spiro atoms. The summed E-state index contributed by atoms with van der Waals surface area (Å²) in [4.78, 5) is 2.39. The lowest BCUT2D eigenvalue weighted by Crippen LogP contribution is -2.54. The highest BCUT2D eigenvalue weighted by Gasteiger charge is 2.36. The average molecular weight is 237 g/mol. The molecule has 4 heteroatoms. The first-order valence-corrected chi connectivity index (χ1v) is 6.69. The molecule has 0 aromatic rings. The summed E-state index contributed by atoms with van der Waals surface area (Å²) in [5.41, 5.74) is -0.424. The Morgan fingerprint density at radius 1 is 1.41 bits per heavy atom. The predicted octanol–water partition coefficient (Wildman–Crippen LogP) is 1.13. The number of hydrogen-bond acceptors (Lipinski definition) is 4. The molecule has 2 fully saturated rings. The number of morpholine rings is 1.